The van der Waals surface area contributed by atoms with Gasteiger partial charge in [-0.2, -0.15) is 0 Å². The first-order chi connectivity index (χ1) is 15.1. The molecule has 5 heteroatoms. The number of ether oxygens (including phenoxy) is 1. The summed E-state index contributed by atoms with van der Waals surface area (Å²) >= 11 is 0. The van der Waals surface area contributed by atoms with Crippen molar-refractivity contribution in [1.82, 2.24) is 5.32 Å². The number of carbonyl (C=O) groups excluding carboxylic acids is 1. The summed E-state index contributed by atoms with van der Waals surface area (Å²) in [6, 6.07) is 15.4. The number of unbranched alkanes of at least 4 members (excludes halogenated alkanes) is 6. The maximum Gasteiger partial charge on any atom is 0.407 e. The molecule has 0 radical (unpaired) electrons. The quantitative estimate of drug-likeness (QED) is 0.403. The van der Waals surface area contributed by atoms with Crippen LogP contribution in [0.2, 0.25) is 0 Å². The van der Waals surface area contributed by atoms with E-state index in [1.807, 2.05) is 24.3 Å². The summed E-state index contributed by atoms with van der Waals surface area (Å²) in [5.74, 6) is -1.05. The fourth-order valence-corrected chi connectivity index (χ4v) is 4.35. The van der Waals surface area contributed by atoms with Crippen LogP contribution >= 0.6 is 0 Å². The van der Waals surface area contributed by atoms with E-state index in [1.54, 1.807) is 0 Å². The maximum absolute atomic E-state index is 12.3. The lowest BCUT2D eigenvalue weighted by Crippen LogP contribution is -2.41. The van der Waals surface area contributed by atoms with Crippen LogP contribution in [-0.4, -0.2) is 29.8 Å². The van der Waals surface area contributed by atoms with Gasteiger partial charge in [-0.15, -0.1) is 0 Å². The van der Waals surface area contributed by atoms with Crippen LogP contribution in [0.1, 0.15) is 75.3 Å². The summed E-state index contributed by atoms with van der Waals surface area (Å²) < 4.78 is 5.48. The van der Waals surface area contributed by atoms with Gasteiger partial charge < -0.3 is 15.2 Å². The number of carbonyl (C=O) groups is 2. The summed E-state index contributed by atoms with van der Waals surface area (Å²) in [6.45, 7) is 2.37. The Labute approximate surface area is 184 Å². The van der Waals surface area contributed by atoms with Crippen molar-refractivity contribution in [2.24, 2.45) is 0 Å². The van der Waals surface area contributed by atoms with E-state index in [-0.39, 0.29) is 12.5 Å². The minimum atomic E-state index is -1.01. The topological polar surface area (TPSA) is 75.6 Å². The van der Waals surface area contributed by atoms with Gasteiger partial charge in [0.05, 0.1) is 0 Å². The molecule has 2 aromatic carbocycles. The highest BCUT2D eigenvalue weighted by Crippen LogP contribution is 2.44. The second-order valence-electron chi connectivity index (χ2n) is 8.27. The number of amides is 1. The van der Waals surface area contributed by atoms with Gasteiger partial charge in [-0.25, -0.2) is 9.59 Å². The first kappa shape index (κ1) is 22.9. The molecule has 0 saturated heterocycles. The Kier molecular flexibility index (Phi) is 8.51. The molecule has 1 aliphatic carbocycles. The van der Waals surface area contributed by atoms with E-state index in [1.165, 1.54) is 25.7 Å². The van der Waals surface area contributed by atoms with Crippen molar-refractivity contribution in [3.8, 4) is 11.1 Å². The number of alkyl carbamates (subject to hydrolysis) is 1. The Bertz CT molecular complexity index is 834. The Hall–Kier alpha value is -2.82. The van der Waals surface area contributed by atoms with Crippen LogP contribution in [0.4, 0.5) is 4.79 Å². The van der Waals surface area contributed by atoms with Gasteiger partial charge in [-0.1, -0.05) is 100 Å². The molecule has 0 bridgehead atoms. The summed E-state index contributed by atoms with van der Waals surface area (Å²) in [4.78, 5) is 23.9. The Morgan fingerprint density at radius 2 is 1.45 bits per heavy atom. The normalized spacial score (nSPS) is 13.3. The number of carboxylic acids is 1. The van der Waals surface area contributed by atoms with Crippen LogP contribution in [0.15, 0.2) is 48.5 Å². The standard InChI is InChI=1S/C26H33NO4/c1-2-3-4-5-6-7-8-17-24(25(28)29)27-26(30)31-18-23-21-15-11-9-13-19(21)20-14-10-12-16-22(20)23/h9-16,23-24H,2-8,17-18H2,1H3,(H,27,30)(H,28,29)/t24-/m1/s1. The fraction of sp³-hybridized carbons (Fsp3) is 0.462. The number of hydrogen-bond donors (Lipinski definition) is 2. The lowest BCUT2D eigenvalue weighted by atomic mass is 9.98. The molecule has 1 amide bonds. The third kappa shape index (κ3) is 6.09. The van der Waals surface area contributed by atoms with E-state index in [9.17, 15) is 14.7 Å². The number of benzene rings is 2. The largest absolute Gasteiger partial charge is 0.480 e. The van der Waals surface area contributed by atoms with Crippen LogP contribution in [0.3, 0.4) is 0 Å². The summed E-state index contributed by atoms with van der Waals surface area (Å²) in [5.41, 5.74) is 4.59. The highest BCUT2D eigenvalue weighted by atomic mass is 16.5. The summed E-state index contributed by atoms with van der Waals surface area (Å²) in [7, 11) is 0. The highest BCUT2D eigenvalue weighted by Gasteiger charge is 2.29. The van der Waals surface area contributed by atoms with Crippen LogP contribution in [0, 0.1) is 0 Å². The first-order valence-corrected chi connectivity index (χ1v) is 11.5. The number of hydrogen-bond acceptors (Lipinski definition) is 3. The van der Waals surface area contributed by atoms with Crippen LogP contribution in [0.5, 0.6) is 0 Å². The minimum Gasteiger partial charge on any atom is -0.480 e. The van der Waals surface area contributed by atoms with Crippen LogP contribution in [0.25, 0.3) is 11.1 Å². The number of fused-ring (bicyclic) bond motifs is 3. The fourth-order valence-electron chi connectivity index (χ4n) is 4.35. The van der Waals surface area contributed by atoms with Crippen molar-refractivity contribution >= 4 is 12.1 Å². The smallest absolute Gasteiger partial charge is 0.407 e. The lowest BCUT2D eigenvalue weighted by molar-refractivity contribution is -0.139. The average Bonchev–Trinajstić information content (AvgIpc) is 3.10. The van der Waals surface area contributed by atoms with E-state index in [2.05, 4.69) is 36.5 Å². The zero-order valence-corrected chi connectivity index (χ0v) is 18.3. The molecule has 0 heterocycles. The molecular weight excluding hydrogens is 390 g/mol. The van der Waals surface area contributed by atoms with Gasteiger partial charge in [-0.3, -0.25) is 0 Å². The monoisotopic (exact) mass is 423 g/mol. The van der Waals surface area contributed by atoms with E-state index in [0.717, 1.165) is 41.5 Å². The van der Waals surface area contributed by atoms with Crippen molar-refractivity contribution in [3.05, 3.63) is 59.7 Å². The second-order valence-corrected chi connectivity index (χ2v) is 8.27. The lowest BCUT2D eigenvalue weighted by Gasteiger charge is -2.17. The van der Waals surface area contributed by atoms with Crippen molar-refractivity contribution in [3.63, 3.8) is 0 Å². The van der Waals surface area contributed by atoms with Crippen LogP contribution in [-0.2, 0) is 9.53 Å². The van der Waals surface area contributed by atoms with E-state index in [4.69, 9.17) is 4.74 Å². The number of carboxylic acid groups (broad SMARTS) is 1. The van der Waals surface area contributed by atoms with Gasteiger partial charge in [0.1, 0.15) is 12.6 Å². The Balaban J connectivity index is 1.49. The minimum absolute atomic E-state index is 0.0375. The van der Waals surface area contributed by atoms with Crippen molar-refractivity contribution < 1.29 is 19.4 Å². The molecule has 0 aromatic heterocycles. The number of aliphatic carboxylic acids is 1. The highest BCUT2D eigenvalue weighted by molar-refractivity contribution is 5.81. The molecule has 1 atom stereocenters. The van der Waals surface area contributed by atoms with Crippen LogP contribution < -0.4 is 5.32 Å². The molecule has 0 fully saturated rings. The van der Waals surface area contributed by atoms with Gasteiger partial charge in [0.25, 0.3) is 0 Å². The molecule has 0 unspecified atom stereocenters. The van der Waals surface area contributed by atoms with Gasteiger partial charge in [-0.05, 0) is 28.7 Å². The van der Waals surface area contributed by atoms with E-state index >= 15 is 0 Å². The predicted octanol–water partition coefficient (Wildman–Crippen LogP) is 6.12. The Morgan fingerprint density at radius 1 is 0.903 bits per heavy atom. The second kappa shape index (κ2) is 11.5. The molecule has 3 rings (SSSR count). The zero-order valence-electron chi connectivity index (χ0n) is 18.3. The number of rotatable bonds is 12. The average molecular weight is 424 g/mol. The van der Waals surface area contributed by atoms with Crippen molar-refractivity contribution in [2.45, 2.75) is 70.3 Å². The molecule has 31 heavy (non-hydrogen) atoms. The van der Waals surface area contributed by atoms with Gasteiger partial charge in [0.2, 0.25) is 0 Å². The molecule has 2 aromatic rings. The third-order valence-electron chi connectivity index (χ3n) is 6.03. The molecule has 0 aliphatic heterocycles. The molecule has 166 valence electrons. The SMILES string of the molecule is CCCCCCCCC[C@@H](NC(=O)OCC1c2ccccc2-c2ccccc21)C(=O)O. The maximum atomic E-state index is 12.3. The molecule has 5 nitrogen and oxygen atoms in total. The van der Waals surface area contributed by atoms with Crippen molar-refractivity contribution in [1.29, 1.82) is 0 Å². The summed E-state index contributed by atoms with van der Waals surface area (Å²) in [5, 5.41) is 12.0. The third-order valence-corrected chi connectivity index (χ3v) is 6.03. The molecular formula is C26H33NO4. The van der Waals surface area contributed by atoms with Gasteiger partial charge in [0, 0.05) is 5.92 Å². The first-order valence-electron chi connectivity index (χ1n) is 11.5. The zero-order chi connectivity index (χ0) is 22.1. The van der Waals surface area contributed by atoms with Gasteiger partial charge in [0.15, 0.2) is 0 Å². The molecule has 0 saturated carbocycles. The molecule has 1 aliphatic rings. The number of nitrogens with one attached hydrogen (secondary N) is 1. The van der Waals surface area contributed by atoms with Gasteiger partial charge >= 0.3 is 12.1 Å². The molecule has 2 N–H and O–H groups in total. The van der Waals surface area contributed by atoms with E-state index in [0.29, 0.717) is 6.42 Å². The summed E-state index contributed by atoms with van der Waals surface area (Å²) in [6.07, 6.45) is 7.52. The predicted molar refractivity (Wildman–Crippen MR) is 122 cm³/mol. The van der Waals surface area contributed by atoms with E-state index < -0.39 is 18.1 Å². The molecule has 0 spiro atoms. The Morgan fingerprint density at radius 3 is 2.03 bits per heavy atom. The van der Waals surface area contributed by atoms with Crippen molar-refractivity contribution in [2.75, 3.05) is 6.61 Å².